The molecule has 7 nitrogen and oxygen atoms in total. The number of rotatable bonds is 2. The molecule has 0 saturated carbocycles. The van der Waals surface area contributed by atoms with E-state index in [9.17, 15) is 14.0 Å². The van der Waals surface area contributed by atoms with Gasteiger partial charge >= 0.3 is 6.09 Å². The minimum atomic E-state index is -0.779. The molecule has 2 aromatic rings. The zero-order valence-electron chi connectivity index (χ0n) is 16.6. The molecule has 0 N–H and O–H groups in total. The van der Waals surface area contributed by atoms with Gasteiger partial charge in [-0.25, -0.2) is 24.2 Å². The summed E-state index contributed by atoms with van der Waals surface area (Å²) in [6, 6.07) is 5.93. The Bertz CT molecular complexity index is 889. The van der Waals surface area contributed by atoms with Gasteiger partial charge in [-0.05, 0) is 52.3 Å². The molecule has 2 amide bonds. The summed E-state index contributed by atoms with van der Waals surface area (Å²) in [5, 5.41) is 2.41. The van der Waals surface area contributed by atoms with Gasteiger partial charge in [0.15, 0.2) is 0 Å². The van der Waals surface area contributed by atoms with Gasteiger partial charge in [0, 0.05) is 18.0 Å². The second kappa shape index (κ2) is 6.85. The monoisotopic (exact) mass is 386 g/mol. The molecule has 28 heavy (non-hydrogen) atoms. The number of nitrogens with zero attached hydrogens (tertiary/aromatic N) is 4. The van der Waals surface area contributed by atoms with Crippen LogP contribution in [0.1, 0.15) is 41.0 Å². The van der Waals surface area contributed by atoms with Crippen molar-refractivity contribution in [3.05, 3.63) is 42.5 Å². The van der Waals surface area contributed by atoms with Gasteiger partial charge in [0.1, 0.15) is 11.4 Å². The molecule has 0 bridgehead atoms. The summed E-state index contributed by atoms with van der Waals surface area (Å²) >= 11 is 0. The van der Waals surface area contributed by atoms with Crippen LogP contribution < -0.4 is 5.01 Å². The van der Waals surface area contributed by atoms with E-state index in [2.05, 4.69) is 9.97 Å². The van der Waals surface area contributed by atoms with E-state index in [0.29, 0.717) is 5.56 Å². The van der Waals surface area contributed by atoms with E-state index in [1.807, 2.05) is 0 Å². The van der Waals surface area contributed by atoms with Crippen LogP contribution in [0.3, 0.4) is 0 Å². The molecule has 148 valence electrons. The van der Waals surface area contributed by atoms with Gasteiger partial charge in [-0.2, -0.15) is 5.01 Å². The van der Waals surface area contributed by atoms with Crippen LogP contribution in [0.25, 0.3) is 11.1 Å². The Morgan fingerprint density at radius 2 is 1.68 bits per heavy atom. The first kappa shape index (κ1) is 19.7. The fraction of sp³-hybridized carbons (Fsp3) is 0.400. The number of carbonyl (C=O) groups excluding carboxylic acids is 2. The molecule has 1 fully saturated rings. The molecule has 0 radical (unpaired) electrons. The third kappa shape index (κ3) is 3.95. The van der Waals surface area contributed by atoms with Crippen LogP contribution in [0.15, 0.2) is 36.7 Å². The number of hydrogen-bond donors (Lipinski definition) is 0. The molecule has 0 unspecified atom stereocenters. The van der Waals surface area contributed by atoms with Gasteiger partial charge < -0.3 is 4.74 Å². The first-order valence-electron chi connectivity index (χ1n) is 8.92. The van der Waals surface area contributed by atoms with Crippen LogP contribution in [0.5, 0.6) is 0 Å². The molecule has 0 atom stereocenters. The van der Waals surface area contributed by atoms with E-state index >= 15 is 0 Å². The van der Waals surface area contributed by atoms with E-state index < -0.39 is 17.2 Å². The van der Waals surface area contributed by atoms with Gasteiger partial charge in [-0.1, -0.05) is 12.1 Å². The van der Waals surface area contributed by atoms with E-state index in [4.69, 9.17) is 4.74 Å². The topological polar surface area (TPSA) is 75.6 Å². The normalized spacial score (nSPS) is 16.4. The molecule has 0 spiro atoms. The highest BCUT2D eigenvalue weighted by atomic mass is 19.1. The van der Waals surface area contributed by atoms with Crippen molar-refractivity contribution in [3.8, 4) is 11.1 Å². The van der Waals surface area contributed by atoms with Crippen LogP contribution in [0.2, 0.25) is 0 Å². The zero-order valence-corrected chi connectivity index (χ0v) is 16.6. The maximum absolute atomic E-state index is 13.1. The molecule has 1 aromatic heterocycles. The third-order valence-electron chi connectivity index (χ3n) is 4.17. The van der Waals surface area contributed by atoms with Crippen LogP contribution in [-0.2, 0) is 9.53 Å². The predicted octanol–water partition coefficient (Wildman–Crippen LogP) is 3.95. The van der Waals surface area contributed by atoms with Crippen LogP contribution >= 0.6 is 0 Å². The van der Waals surface area contributed by atoms with Gasteiger partial charge in [-0.3, -0.25) is 4.79 Å². The highest BCUT2D eigenvalue weighted by Gasteiger charge is 2.50. The average Bonchev–Trinajstić information content (AvgIpc) is 2.83. The first-order valence-corrected chi connectivity index (χ1v) is 8.92. The quantitative estimate of drug-likeness (QED) is 0.781. The Kier molecular flexibility index (Phi) is 4.82. The number of benzene rings is 1. The summed E-state index contributed by atoms with van der Waals surface area (Å²) in [5.74, 6) is -0.558. The molecule has 1 aliphatic rings. The number of aromatic nitrogens is 2. The van der Waals surface area contributed by atoms with Crippen molar-refractivity contribution < 1.29 is 18.7 Å². The number of hydrazine groups is 1. The highest BCUT2D eigenvalue weighted by molar-refractivity contribution is 5.98. The lowest BCUT2D eigenvalue weighted by Crippen LogP contribution is -2.53. The number of amides is 2. The van der Waals surface area contributed by atoms with E-state index in [1.54, 1.807) is 46.8 Å². The van der Waals surface area contributed by atoms with Crippen molar-refractivity contribution >= 4 is 17.9 Å². The molecule has 1 aliphatic heterocycles. The number of hydrogen-bond acceptors (Lipinski definition) is 5. The number of halogens is 1. The summed E-state index contributed by atoms with van der Waals surface area (Å²) < 4.78 is 18.6. The minimum Gasteiger partial charge on any atom is -0.442 e. The van der Waals surface area contributed by atoms with E-state index in [1.165, 1.54) is 29.5 Å². The molecule has 1 saturated heterocycles. The Balaban J connectivity index is 1.92. The Labute approximate surface area is 163 Å². The van der Waals surface area contributed by atoms with Gasteiger partial charge in [0.05, 0.1) is 12.0 Å². The van der Waals surface area contributed by atoms with E-state index in [0.717, 1.165) is 10.6 Å². The first-order chi connectivity index (χ1) is 13.0. The van der Waals surface area contributed by atoms with Crippen molar-refractivity contribution in [2.24, 2.45) is 0 Å². The SMILES string of the molecule is CC(C)(C)OC(=O)N1N(c2ncc(-c3ccc(F)cc3)cn2)C(=O)CC1(C)C. The van der Waals surface area contributed by atoms with Gasteiger partial charge in [0.2, 0.25) is 0 Å². The smallest absolute Gasteiger partial charge is 0.430 e. The van der Waals surface area contributed by atoms with E-state index in [-0.39, 0.29) is 24.1 Å². The average molecular weight is 386 g/mol. The standard InChI is InChI=1S/C20H23FN4O3/c1-19(2,3)28-18(27)25-20(4,5)10-16(26)24(25)17-22-11-14(12-23-17)13-6-8-15(21)9-7-13/h6-9,11-12H,10H2,1-5H3. The van der Waals surface area contributed by atoms with Crippen LogP contribution in [-0.4, -0.2) is 38.1 Å². The number of anilines is 1. The maximum Gasteiger partial charge on any atom is 0.430 e. The lowest BCUT2D eigenvalue weighted by Gasteiger charge is -2.36. The highest BCUT2D eigenvalue weighted by Crippen LogP contribution is 2.34. The zero-order chi connectivity index (χ0) is 20.7. The molecular formula is C20H23FN4O3. The Morgan fingerprint density at radius 3 is 2.21 bits per heavy atom. The molecule has 1 aromatic carbocycles. The number of ether oxygens (including phenoxy) is 1. The van der Waals surface area contributed by atoms with Crippen molar-refractivity contribution in [3.63, 3.8) is 0 Å². The fourth-order valence-corrected chi connectivity index (χ4v) is 2.96. The van der Waals surface area contributed by atoms with Crippen molar-refractivity contribution in [2.45, 2.75) is 52.2 Å². The van der Waals surface area contributed by atoms with Crippen molar-refractivity contribution in [2.75, 3.05) is 5.01 Å². The second-order valence-electron chi connectivity index (χ2n) is 8.27. The summed E-state index contributed by atoms with van der Waals surface area (Å²) in [7, 11) is 0. The van der Waals surface area contributed by atoms with Crippen molar-refractivity contribution in [1.29, 1.82) is 0 Å². The molecule has 2 heterocycles. The third-order valence-corrected chi connectivity index (χ3v) is 4.17. The van der Waals surface area contributed by atoms with Crippen LogP contribution in [0, 0.1) is 5.82 Å². The maximum atomic E-state index is 13.1. The fourth-order valence-electron chi connectivity index (χ4n) is 2.96. The molecule has 0 aliphatic carbocycles. The predicted molar refractivity (Wildman–Crippen MR) is 102 cm³/mol. The summed E-state index contributed by atoms with van der Waals surface area (Å²) in [6.07, 6.45) is 2.53. The molecular weight excluding hydrogens is 363 g/mol. The Morgan fingerprint density at radius 1 is 1.11 bits per heavy atom. The van der Waals surface area contributed by atoms with Gasteiger partial charge in [-0.15, -0.1) is 0 Å². The lowest BCUT2D eigenvalue weighted by molar-refractivity contribution is -0.118. The summed E-state index contributed by atoms with van der Waals surface area (Å²) in [6.45, 7) is 8.83. The molecule has 3 rings (SSSR count). The van der Waals surface area contributed by atoms with Gasteiger partial charge in [0.25, 0.3) is 11.9 Å². The van der Waals surface area contributed by atoms with Crippen LogP contribution in [0.4, 0.5) is 15.1 Å². The Hall–Kier alpha value is -3.03. The molecule has 8 heteroatoms. The number of carbonyl (C=O) groups is 2. The summed E-state index contributed by atoms with van der Waals surface area (Å²) in [4.78, 5) is 33.9. The largest absolute Gasteiger partial charge is 0.442 e. The second-order valence-corrected chi connectivity index (χ2v) is 8.27. The van der Waals surface area contributed by atoms with Crippen molar-refractivity contribution in [1.82, 2.24) is 15.0 Å². The summed E-state index contributed by atoms with van der Waals surface area (Å²) in [5.41, 5.74) is -0.0839. The minimum absolute atomic E-state index is 0.0762. The lowest BCUT2D eigenvalue weighted by atomic mass is 10.0.